The Morgan fingerprint density at radius 3 is 2.78 bits per heavy atom. The van der Waals surface area contributed by atoms with Crippen LogP contribution in [-0.2, 0) is 23.8 Å². The highest BCUT2D eigenvalue weighted by Gasteiger charge is 2.71. The molecule has 0 spiro atoms. The zero-order valence-corrected chi connectivity index (χ0v) is 18.9. The van der Waals surface area contributed by atoms with Gasteiger partial charge in [0.25, 0.3) is 0 Å². The Hall–Kier alpha value is -2.30. The highest BCUT2D eigenvalue weighted by molar-refractivity contribution is 6.17. The molecule has 3 saturated carbocycles. The molecule has 32 heavy (non-hydrogen) atoms. The summed E-state index contributed by atoms with van der Waals surface area (Å²) in [6, 6.07) is -0.394. The van der Waals surface area contributed by atoms with E-state index in [0.717, 1.165) is 18.4 Å². The van der Waals surface area contributed by atoms with Gasteiger partial charge in [0.15, 0.2) is 11.8 Å². The number of terminal acetylenes is 1. The lowest BCUT2D eigenvalue weighted by Gasteiger charge is -2.59. The van der Waals surface area contributed by atoms with Crippen molar-refractivity contribution in [3.05, 3.63) is 23.8 Å². The van der Waals surface area contributed by atoms with Crippen molar-refractivity contribution in [3.63, 3.8) is 0 Å². The maximum atomic E-state index is 13.1. The first-order chi connectivity index (χ1) is 15.1. The molecular formula is C24H27ClO7. The summed E-state index contributed by atoms with van der Waals surface area (Å²) in [5, 5.41) is 11.4. The van der Waals surface area contributed by atoms with Crippen LogP contribution in [0.4, 0.5) is 4.79 Å². The number of fused-ring (bicyclic) bond motifs is 5. The first-order valence-corrected chi connectivity index (χ1v) is 11.4. The number of hydrogen-bond donors (Lipinski definition) is 1. The van der Waals surface area contributed by atoms with E-state index < -0.39 is 40.7 Å². The van der Waals surface area contributed by atoms with Crippen LogP contribution < -0.4 is 0 Å². The van der Waals surface area contributed by atoms with Gasteiger partial charge in [0.2, 0.25) is 5.60 Å². The summed E-state index contributed by atoms with van der Waals surface area (Å²) < 4.78 is 15.2. The predicted molar refractivity (Wildman–Crippen MR) is 114 cm³/mol. The Labute approximate surface area is 192 Å². The number of allylic oxidation sites excluding steroid dienone is 4. The van der Waals surface area contributed by atoms with Gasteiger partial charge in [-0.25, -0.2) is 9.59 Å². The van der Waals surface area contributed by atoms with E-state index in [1.54, 1.807) is 18.3 Å². The summed E-state index contributed by atoms with van der Waals surface area (Å²) >= 11 is 5.66. The molecule has 0 aliphatic heterocycles. The van der Waals surface area contributed by atoms with Crippen LogP contribution in [0.1, 0.15) is 46.0 Å². The van der Waals surface area contributed by atoms with E-state index in [1.807, 2.05) is 13.0 Å². The number of rotatable bonds is 3. The summed E-state index contributed by atoms with van der Waals surface area (Å²) in [4.78, 5) is 37.3. The summed E-state index contributed by atoms with van der Waals surface area (Å²) in [7, 11) is 0. The Bertz CT molecular complexity index is 948. The molecule has 0 heterocycles. The molecule has 0 amide bonds. The Morgan fingerprint density at radius 2 is 2.09 bits per heavy atom. The van der Waals surface area contributed by atoms with Crippen LogP contribution in [0, 0.1) is 41.1 Å². The number of hydrogen-bond acceptors (Lipinski definition) is 7. The van der Waals surface area contributed by atoms with Gasteiger partial charge in [-0.3, -0.25) is 4.79 Å². The summed E-state index contributed by atoms with van der Waals surface area (Å²) in [6.45, 7) is 3.92. The molecule has 7 atom stereocenters. The molecule has 4 aliphatic carbocycles. The number of aliphatic hydroxyl groups excluding tert-OH is 1. The summed E-state index contributed by atoms with van der Waals surface area (Å²) in [5.41, 5.74) is -1.98. The third kappa shape index (κ3) is 3.11. The molecule has 5 unspecified atom stereocenters. The van der Waals surface area contributed by atoms with Crippen molar-refractivity contribution in [2.45, 2.75) is 57.7 Å². The van der Waals surface area contributed by atoms with Crippen molar-refractivity contribution in [2.75, 3.05) is 6.07 Å². The predicted octanol–water partition coefficient (Wildman–Crippen LogP) is 3.49. The minimum atomic E-state index is -1.66. The average Bonchev–Trinajstić information content (AvgIpc) is 3.01. The second-order valence-electron chi connectivity index (χ2n) is 9.69. The van der Waals surface area contributed by atoms with E-state index >= 15 is 0 Å². The summed E-state index contributed by atoms with van der Waals surface area (Å²) in [5.74, 6) is -0.885. The molecule has 0 radical (unpaired) electrons. The number of ether oxygens (including phenoxy) is 3. The van der Waals surface area contributed by atoms with Crippen LogP contribution in [0.15, 0.2) is 23.8 Å². The monoisotopic (exact) mass is 462 g/mol. The van der Waals surface area contributed by atoms with E-state index in [2.05, 4.69) is 11.7 Å². The zero-order valence-electron chi connectivity index (χ0n) is 18.1. The molecule has 0 aromatic rings. The lowest BCUT2D eigenvalue weighted by molar-refractivity contribution is -0.198. The third-order valence-electron chi connectivity index (χ3n) is 8.53. The van der Waals surface area contributed by atoms with E-state index in [4.69, 9.17) is 27.5 Å². The van der Waals surface area contributed by atoms with Gasteiger partial charge in [-0.1, -0.05) is 43.5 Å². The molecule has 0 saturated heterocycles. The van der Waals surface area contributed by atoms with Gasteiger partial charge in [-0.05, 0) is 56.1 Å². The molecular weight excluding hydrogens is 436 g/mol. The van der Waals surface area contributed by atoms with Crippen LogP contribution in [0.25, 0.3) is 0 Å². The second-order valence-corrected chi connectivity index (χ2v) is 9.91. The Balaban J connectivity index is 1.74. The van der Waals surface area contributed by atoms with Gasteiger partial charge < -0.3 is 19.3 Å². The zero-order chi connectivity index (χ0) is 23.3. The van der Waals surface area contributed by atoms with Gasteiger partial charge in [0.05, 0.1) is 6.10 Å². The first-order valence-electron chi connectivity index (χ1n) is 10.8. The normalized spacial score (nSPS) is 42.0. The SMILES string of the molecule is C#COC(=O)O[C@]1(C(=O)OCCl)CCC2C3CCC4=CC(=O)C=CC4(C)C3[C@@H](O)CC21C. The minimum Gasteiger partial charge on any atom is -0.446 e. The van der Waals surface area contributed by atoms with E-state index in [-0.39, 0.29) is 36.4 Å². The van der Waals surface area contributed by atoms with Crippen LogP contribution in [-0.4, -0.2) is 40.8 Å². The van der Waals surface area contributed by atoms with Crippen LogP contribution in [0.5, 0.6) is 0 Å². The number of esters is 1. The standard InChI is InChI=1S/C24H27ClO7/c1-4-30-21(29)32-24(20(28)31-13-25)10-8-17-16-6-5-14-11-15(26)7-9-22(14,2)19(16)18(27)12-23(17,24)3/h1,7,9,11,16-19,27H,5-6,8,10,12-13H2,2-3H3/t16?,17?,18-,19?,22?,23?,24-/m0/s1. The number of carbonyl (C=O) groups is 3. The molecule has 4 rings (SSSR count). The van der Waals surface area contributed by atoms with E-state index in [1.165, 1.54) is 0 Å². The lowest BCUT2D eigenvalue weighted by atomic mass is 9.46. The molecule has 0 bridgehead atoms. The van der Waals surface area contributed by atoms with Crippen molar-refractivity contribution in [2.24, 2.45) is 28.6 Å². The fourth-order valence-electron chi connectivity index (χ4n) is 7.24. The van der Waals surface area contributed by atoms with Crippen molar-refractivity contribution < 1.29 is 33.7 Å². The molecule has 1 N–H and O–H groups in total. The lowest BCUT2D eigenvalue weighted by Crippen LogP contribution is -2.62. The molecule has 4 aliphatic rings. The Kier molecular flexibility index (Phi) is 5.67. The van der Waals surface area contributed by atoms with Crippen LogP contribution >= 0.6 is 11.6 Å². The van der Waals surface area contributed by atoms with Crippen LogP contribution in [0.3, 0.4) is 0 Å². The smallest absolute Gasteiger partial charge is 0.446 e. The largest absolute Gasteiger partial charge is 0.523 e. The van der Waals surface area contributed by atoms with Gasteiger partial charge in [0.1, 0.15) is 6.11 Å². The van der Waals surface area contributed by atoms with E-state index in [0.29, 0.717) is 6.42 Å². The van der Waals surface area contributed by atoms with Crippen molar-refractivity contribution in [1.82, 2.24) is 0 Å². The van der Waals surface area contributed by atoms with Crippen molar-refractivity contribution >= 4 is 29.5 Å². The minimum absolute atomic E-state index is 0.0261. The summed E-state index contributed by atoms with van der Waals surface area (Å²) in [6.07, 6.45) is 12.6. The number of alkyl halides is 1. The molecule has 3 fully saturated rings. The topological polar surface area (TPSA) is 99.1 Å². The second kappa shape index (κ2) is 7.93. The first kappa shape index (κ1) is 22.9. The number of carbonyl (C=O) groups excluding carboxylic acids is 3. The average molecular weight is 463 g/mol. The molecule has 0 aromatic carbocycles. The van der Waals surface area contributed by atoms with Gasteiger partial charge >= 0.3 is 12.1 Å². The number of ketones is 1. The molecule has 0 aromatic heterocycles. The number of aliphatic hydroxyl groups is 1. The highest BCUT2D eigenvalue weighted by atomic mass is 35.5. The Morgan fingerprint density at radius 1 is 1.34 bits per heavy atom. The molecule has 7 nitrogen and oxygen atoms in total. The molecule has 172 valence electrons. The van der Waals surface area contributed by atoms with Crippen LogP contribution in [0.2, 0.25) is 0 Å². The van der Waals surface area contributed by atoms with Gasteiger partial charge in [0, 0.05) is 16.7 Å². The maximum absolute atomic E-state index is 13.1. The number of halogens is 1. The fourth-order valence-corrected chi connectivity index (χ4v) is 7.33. The molecule has 8 heteroatoms. The van der Waals surface area contributed by atoms with Crippen molar-refractivity contribution in [1.29, 1.82) is 0 Å². The third-order valence-corrected chi connectivity index (χ3v) is 8.64. The van der Waals surface area contributed by atoms with E-state index in [9.17, 15) is 19.5 Å². The highest BCUT2D eigenvalue weighted by Crippen LogP contribution is 2.68. The van der Waals surface area contributed by atoms with Gasteiger partial charge in [-0.15, -0.1) is 0 Å². The van der Waals surface area contributed by atoms with Gasteiger partial charge in [-0.2, -0.15) is 0 Å². The fraction of sp³-hybridized carbons (Fsp3) is 0.625. The van der Waals surface area contributed by atoms with Crippen molar-refractivity contribution in [3.8, 4) is 12.5 Å². The maximum Gasteiger partial charge on any atom is 0.523 e. The quantitative estimate of drug-likeness (QED) is 0.389.